The summed E-state index contributed by atoms with van der Waals surface area (Å²) in [5.74, 6) is 2.44. The molecule has 6 nitrogen and oxygen atoms in total. The maximum Gasteiger partial charge on any atom is 0.242 e. The van der Waals surface area contributed by atoms with Crippen LogP contribution in [0.2, 0.25) is 0 Å². The molecule has 0 radical (unpaired) electrons. The van der Waals surface area contributed by atoms with Gasteiger partial charge in [-0.1, -0.05) is 55.4 Å². The van der Waals surface area contributed by atoms with Crippen molar-refractivity contribution in [2.24, 2.45) is 0 Å². The summed E-state index contributed by atoms with van der Waals surface area (Å²) in [5.41, 5.74) is 10.3. The van der Waals surface area contributed by atoms with E-state index in [0.29, 0.717) is 35.6 Å². The van der Waals surface area contributed by atoms with Gasteiger partial charge in [0.2, 0.25) is 11.9 Å². The van der Waals surface area contributed by atoms with Crippen LogP contribution in [0.25, 0.3) is 0 Å². The van der Waals surface area contributed by atoms with Gasteiger partial charge in [-0.05, 0) is 35.8 Å². The molecule has 2 rings (SSSR count). The first-order chi connectivity index (χ1) is 12.2. The van der Waals surface area contributed by atoms with Crippen LogP contribution in [0.5, 0.6) is 0 Å². The molecule has 26 heavy (non-hydrogen) atoms. The van der Waals surface area contributed by atoms with Gasteiger partial charge in [0.05, 0.1) is 0 Å². The Balaban J connectivity index is 2.28. The molecular formula is C20H32N6. The zero-order valence-electron chi connectivity index (χ0n) is 17.3. The van der Waals surface area contributed by atoms with E-state index in [1.54, 1.807) is 0 Å². The Kier molecular flexibility index (Phi) is 6.51. The molecule has 0 aliphatic carbocycles. The van der Waals surface area contributed by atoms with Gasteiger partial charge in [0, 0.05) is 22.8 Å². The fourth-order valence-electron chi connectivity index (χ4n) is 2.38. The van der Waals surface area contributed by atoms with E-state index in [2.05, 4.69) is 98.3 Å². The molecule has 0 unspecified atom stereocenters. The van der Waals surface area contributed by atoms with Gasteiger partial charge in [-0.2, -0.15) is 0 Å². The zero-order valence-corrected chi connectivity index (χ0v) is 17.3. The maximum absolute atomic E-state index is 4.61. The predicted octanol–water partition coefficient (Wildman–Crippen LogP) is 5.20. The van der Waals surface area contributed by atoms with Gasteiger partial charge in [-0.3, -0.25) is 10.9 Å². The van der Waals surface area contributed by atoms with Crippen molar-refractivity contribution in [1.29, 1.82) is 0 Å². The van der Waals surface area contributed by atoms with E-state index in [1.807, 2.05) is 0 Å². The van der Waals surface area contributed by atoms with E-state index < -0.39 is 0 Å². The lowest BCUT2D eigenvalue weighted by atomic mass is 10.1. The highest BCUT2D eigenvalue weighted by Gasteiger charge is 2.12. The number of hydrogen-bond donors (Lipinski definition) is 2. The third-order valence-electron chi connectivity index (χ3n) is 4.18. The first-order valence-corrected chi connectivity index (χ1v) is 9.47. The Morgan fingerprint density at radius 1 is 0.500 bits per heavy atom. The number of aromatic nitrogens is 4. The van der Waals surface area contributed by atoms with Crippen molar-refractivity contribution >= 4 is 11.9 Å². The first-order valence-electron chi connectivity index (χ1n) is 9.47. The molecule has 0 bridgehead atoms. The lowest BCUT2D eigenvalue weighted by Crippen LogP contribution is -2.17. The molecular weight excluding hydrogens is 324 g/mol. The van der Waals surface area contributed by atoms with Crippen molar-refractivity contribution in [3.05, 3.63) is 34.9 Å². The van der Waals surface area contributed by atoms with E-state index in [-0.39, 0.29) is 0 Å². The number of anilines is 2. The minimum Gasteiger partial charge on any atom is -0.265 e. The van der Waals surface area contributed by atoms with Crippen molar-refractivity contribution in [3.8, 4) is 0 Å². The van der Waals surface area contributed by atoms with Gasteiger partial charge in [0.1, 0.15) is 0 Å². The Labute approximate surface area is 157 Å². The number of hydrogen-bond acceptors (Lipinski definition) is 6. The molecule has 0 fully saturated rings. The maximum atomic E-state index is 4.61. The summed E-state index contributed by atoms with van der Waals surface area (Å²) in [7, 11) is 0. The summed E-state index contributed by atoms with van der Waals surface area (Å²) < 4.78 is 0. The Bertz CT molecular complexity index is 621. The monoisotopic (exact) mass is 356 g/mol. The van der Waals surface area contributed by atoms with Crippen molar-refractivity contribution in [2.75, 3.05) is 10.9 Å². The molecule has 0 atom stereocenters. The number of rotatable bonds is 7. The van der Waals surface area contributed by atoms with Crippen LogP contribution in [-0.2, 0) is 0 Å². The number of nitrogens with one attached hydrogen (secondary N) is 2. The summed E-state index contributed by atoms with van der Waals surface area (Å²) in [4.78, 5) is 18.4. The molecule has 0 aromatic carbocycles. The molecule has 2 aromatic rings. The van der Waals surface area contributed by atoms with Crippen LogP contribution >= 0.6 is 0 Å². The highest BCUT2D eigenvalue weighted by Crippen LogP contribution is 2.21. The van der Waals surface area contributed by atoms with Gasteiger partial charge in [0.25, 0.3) is 0 Å². The number of nitrogens with zero attached hydrogens (tertiary/aromatic N) is 4. The summed E-state index contributed by atoms with van der Waals surface area (Å²) in [5, 5.41) is 0. The predicted molar refractivity (Wildman–Crippen MR) is 108 cm³/mol. The van der Waals surface area contributed by atoms with Gasteiger partial charge < -0.3 is 0 Å². The Hall–Kier alpha value is -2.24. The second-order valence-corrected chi connectivity index (χ2v) is 7.95. The fraction of sp³-hybridized carbons (Fsp3) is 0.600. The minimum absolute atomic E-state index is 0.337. The van der Waals surface area contributed by atoms with Gasteiger partial charge in [-0.15, -0.1) is 0 Å². The number of hydrazine groups is 1. The molecule has 0 spiro atoms. The highest BCUT2D eigenvalue weighted by atomic mass is 15.4. The van der Waals surface area contributed by atoms with E-state index in [0.717, 1.165) is 22.8 Å². The molecule has 0 saturated carbocycles. The quantitative estimate of drug-likeness (QED) is 0.664. The molecule has 2 aromatic heterocycles. The summed E-state index contributed by atoms with van der Waals surface area (Å²) >= 11 is 0. The molecule has 6 heteroatoms. The van der Waals surface area contributed by atoms with E-state index in [9.17, 15) is 0 Å². The van der Waals surface area contributed by atoms with Crippen LogP contribution in [-0.4, -0.2) is 19.9 Å². The SMILES string of the molecule is CC(C)c1cc(C(C)C)nc(NNc2nc(C(C)C)cc(C(C)C)n2)n1. The van der Waals surface area contributed by atoms with Gasteiger partial charge in [-0.25, -0.2) is 19.9 Å². The zero-order chi connectivity index (χ0) is 19.4. The Morgan fingerprint density at radius 2 is 0.731 bits per heavy atom. The largest absolute Gasteiger partial charge is 0.265 e. The van der Waals surface area contributed by atoms with Crippen molar-refractivity contribution in [3.63, 3.8) is 0 Å². The van der Waals surface area contributed by atoms with E-state index in [4.69, 9.17) is 0 Å². The fourth-order valence-corrected chi connectivity index (χ4v) is 2.38. The lowest BCUT2D eigenvalue weighted by Gasteiger charge is -2.15. The normalized spacial score (nSPS) is 11.7. The summed E-state index contributed by atoms with van der Waals surface area (Å²) in [6.07, 6.45) is 0. The van der Waals surface area contributed by atoms with E-state index in [1.165, 1.54) is 0 Å². The standard InChI is InChI=1S/C20H32N6/c1-11(2)15-9-16(12(3)4)22-19(21-15)25-26-20-23-17(13(5)6)10-18(24-20)14(7)8/h9-14H,1-8H3,(H,21,22,25)(H,23,24,26). The van der Waals surface area contributed by atoms with Crippen LogP contribution in [0.15, 0.2) is 12.1 Å². The van der Waals surface area contributed by atoms with Crippen molar-refractivity contribution in [2.45, 2.75) is 79.1 Å². The molecule has 0 aliphatic rings. The molecule has 0 amide bonds. The van der Waals surface area contributed by atoms with Crippen LogP contribution in [0.1, 0.15) is 102 Å². The van der Waals surface area contributed by atoms with Crippen molar-refractivity contribution < 1.29 is 0 Å². The Morgan fingerprint density at radius 3 is 0.923 bits per heavy atom. The molecule has 2 N–H and O–H groups in total. The molecule has 2 heterocycles. The smallest absolute Gasteiger partial charge is 0.242 e. The van der Waals surface area contributed by atoms with Crippen LogP contribution in [0.4, 0.5) is 11.9 Å². The van der Waals surface area contributed by atoms with E-state index >= 15 is 0 Å². The average molecular weight is 357 g/mol. The highest BCUT2D eigenvalue weighted by molar-refractivity contribution is 5.39. The second-order valence-electron chi connectivity index (χ2n) is 7.95. The minimum atomic E-state index is 0.337. The summed E-state index contributed by atoms with van der Waals surface area (Å²) in [6.45, 7) is 17.1. The van der Waals surface area contributed by atoms with Crippen LogP contribution in [0, 0.1) is 0 Å². The molecule has 0 aliphatic heterocycles. The van der Waals surface area contributed by atoms with Crippen LogP contribution < -0.4 is 10.9 Å². The summed E-state index contributed by atoms with van der Waals surface area (Å²) in [6, 6.07) is 4.15. The van der Waals surface area contributed by atoms with Gasteiger partial charge in [0.15, 0.2) is 0 Å². The van der Waals surface area contributed by atoms with Crippen molar-refractivity contribution in [1.82, 2.24) is 19.9 Å². The van der Waals surface area contributed by atoms with Gasteiger partial charge >= 0.3 is 0 Å². The van der Waals surface area contributed by atoms with Crippen LogP contribution in [0.3, 0.4) is 0 Å². The third kappa shape index (κ3) is 5.13. The first kappa shape index (κ1) is 20.1. The topological polar surface area (TPSA) is 75.6 Å². The molecule has 142 valence electrons. The molecule has 0 saturated heterocycles. The second kappa shape index (κ2) is 8.43. The average Bonchev–Trinajstić information content (AvgIpc) is 2.59. The third-order valence-corrected chi connectivity index (χ3v) is 4.18. The lowest BCUT2D eigenvalue weighted by molar-refractivity contribution is 0.764.